The molecule has 0 aromatic carbocycles. The molecule has 2 N–H and O–H groups in total. The van der Waals surface area contributed by atoms with E-state index in [4.69, 9.17) is 4.74 Å². The summed E-state index contributed by atoms with van der Waals surface area (Å²) in [6.07, 6.45) is 6.04. The number of carbonyl (C=O) groups excluding carboxylic acids is 1. The van der Waals surface area contributed by atoms with Crippen LogP contribution in [0.3, 0.4) is 0 Å². The SMILES string of the molecule is CNC(CC1CCCCC1)C(O)C1CN(I)C(=O)O1. The van der Waals surface area contributed by atoms with Crippen LogP contribution in [-0.2, 0) is 4.74 Å². The second-order valence-electron chi connectivity index (χ2n) is 5.59. The van der Waals surface area contributed by atoms with Gasteiger partial charge in [-0.15, -0.1) is 0 Å². The van der Waals surface area contributed by atoms with Gasteiger partial charge in [0.2, 0.25) is 0 Å². The Morgan fingerprint density at radius 2 is 2.16 bits per heavy atom. The van der Waals surface area contributed by atoms with Gasteiger partial charge in [-0.25, -0.2) is 7.91 Å². The second kappa shape index (κ2) is 7.08. The zero-order valence-corrected chi connectivity index (χ0v) is 13.5. The van der Waals surface area contributed by atoms with E-state index in [-0.39, 0.29) is 12.1 Å². The minimum absolute atomic E-state index is 0.00352. The molecule has 0 spiro atoms. The summed E-state index contributed by atoms with van der Waals surface area (Å²) in [5, 5.41) is 13.6. The number of rotatable bonds is 5. The summed E-state index contributed by atoms with van der Waals surface area (Å²) in [5.41, 5.74) is 0. The van der Waals surface area contributed by atoms with Crippen LogP contribution in [-0.4, -0.2) is 46.2 Å². The van der Waals surface area contributed by atoms with Crippen LogP contribution in [0.1, 0.15) is 38.5 Å². The summed E-state index contributed by atoms with van der Waals surface area (Å²) in [6.45, 7) is 0.462. The molecule has 3 unspecified atom stereocenters. The van der Waals surface area contributed by atoms with Crippen LogP contribution in [0.2, 0.25) is 0 Å². The van der Waals surface area contributed by atoms with Gasteiger partial charge in [0.25, 0.3) is 0 Å². The van der Waals surface area contributed by atoms with E-state index < -0.39 is 12.2 Å². The highest BCUT2D eigenvalue weighted by Crippen LogP contribution is 2.29. The van der Waals surface area contributed by atoms with Crippen molar-refractivity contribution in [1.82, 2.24) is 8.43 Å². The fourth-order valence-corrected chi connectivity index (χ4v) is 3.61. The third-order valence-corrected chi connectivity index (χ3v) is 5.05. The van der Waals surface area contributed by atoms with Crippen LogP contribution in [0.15, 0.2) is 0 Å². The van der Waals surface area contributed by atoms with E-state index in [0.717, 1.165) is 6.42 Å². The van der Waals surface area contributed by atoms with E-state index in [9.17, 15) is 9.90 Å². The number of carbonyl (C=O) groups is 1. The topological polar surface area (TPSA) is 61.8 Å². The molecular weight excluding hydrogens is 359 g/mol. The molecule has 110 valence electrons. The molecule has 1 amide bonds. The molecule has 2 aliphatic rings. The zero-order valence-electron chi connectivity index (χ0n) is 11.3. The number of amides is 1. The Morgan fingerprint density at radius 1 is 1.47 bits per heavy atom. The summed E-state index contributed by atoms with van der Waals surface area (Å²) in [5.74, 6) is 0.689. The van der Waals surface area contributed by atoms with Crippen molar-refractivity contribution in [3.63, 3.8) is 0 Å². The number of hydrogen-bond acceptors (Lipinski definition) is 4. The average Bonchev–Trinajstić information content (AvgIpc) is 2.76. The smallest absolute Gasteiger partial charge is 0.419 e. The van der Waals surface area contributed by atoms with Gasteiger partial charge < -0.3 is 15.2 Å². The van der Waals surface area contributed by atoms with E-state index in [1.807, 2.05) is 29.9 Å². The van der Waals surface area contributed by atoms with Gasteiger partial charge in [-0.1, -0.05) is 32.1 Å². The highest BCUT2D eigenvalue weighted by Gasteiger charge is 2.38. The fourth-order valence-electron chi connectivity index (χ4n) is 3.10. The van der Waals surface area contributed by atoms with Gasteiger partial charge in [0, 0.05) is 6.04 Å². The van der Waals surface area contributed by atoms with E-state index in [1.165, 1.54) is 35.2 Å². The van der Waals surface area contributed by atoms with Crippen molar-refractivity contribution in [3.8, 4) is 0 Å². The lowest BCUT2D eigenvalue weighted by Gasteiger charge is -2.30. The van der Waals surface area contributed by atoms with Crippen LogP contribution >= 0.6 is 22.9 Å². The summed E-state index contributed by atoms with van der Waals surface area (Å²) < 4.78 is 6.68. The number of aliphatic hydroxyl groups excluding tert-OH is 1. The van der Waals surface area contributed by atoms with Crippen molar-refractivity contribution < 1.29 is 14.6 Å². The lowest BCUT2D eigenvalue weighted by molar-refractivity contribution is 0.00492. The molecule has 5 nitrogen and oxygen atoms in total. The molecule has 1 aliphatic heterocycles. The van der Waals surface area contributed by atoms with Crippen LogP contribution in [0, 0.1) is 5.92 Å². The molecule has 1 aliphatic carbocycles. The average molecular weight is 382 g/mol. The molecule has 2 rings (SSSR count). The van der Waals surface area contributed by atoms with Crippen LogP contribution in [0.5, 0.6) is 0 Å². The van der Waals surface area contributed by atoms with Crippen molar-refractivity contribution in [1.29, 1.82) is 0 Å². The summed E-state index contributed by atoms with van der Waals surface area (Å²) in [7, 11) is 1.87. The lowest BCUT2D eigenvalue weighted by atomic mass is 9.83. The monoisotopic (exact) mass is 382 g/mol. The molecule has 1 saturated carbocycles. The quantitative estimate of drug-likeness (QED) is 0.565. The molecule has 0 aromatic heterocycles. The first-order valence-corrected chi connectivity index (χ1v) is 8.07. The van der Waals surface area contributed by atoms with Crippen molar-refractivity contribution in [2.24, 2.45) is 5.92 Å². The number of ether oxygens (including phenoxy) is 1. The van der Waals surface area contributed by atoms with Crippen molar-refractivity contribution in [2.75, 3.05) is 13.6 Å². The largest absolute Gasteiger partial charge is 0.441 e. The second-order valence-corrected chi connectivity index (χ2v) is 6.76. The Kier molecular flexibility index (Phi) is 5.70. The molecule has 0 radical (unpaired) electrons. The standard InChI is InChI=1S/C13H23IN2O3/c1-15-10(7-9-5-3-2-4-6-9)12(17)11-8-16(14)13(18)19-11/h9-12,15,17H,2-8H2,1H3. The first-order chi connectivity index (χ1) is 9.11. The number of nitrogens with one attached hydrogen (secondary N) is 1. The first kappa shape index (κ1) is 15.3. The molecule has 19 heavy (non-hydrogen) atoms. The summed E-state index contributed by atoms with van der Waals surface area (Å²) in [4.78, 5) is 11.4. The van der Waals surface area contributed by atoms with E-state index >= 15 is 0 Å². The zero-order chi connectivity index (χ0) is 13.8. The molecule has 1 heterocycles. The normalized spacial score (nSPS) is 28.3. The van der Waals surface area contributed by atoms with Gasteiger partial charge >= 0.3 is 6.09 Å². The van der Waals surface area contributed by atoms with Crippen LogP contribution in [0.25, 0.3) is 0 Å². The summed E-state index contributed by atoms with van der Waals surface area (Å²) in [6, 6.07) is 0.00352. The van der Waals surface area contributed by atoms with Crippen LogP contribution in [0.4, 0.5) is 4.79 Å². The predicted molar refractivity (Wildman–Crippen MR) is 81.0 cm³/mol. The molecule has 3 atom stereocenters. The van der Waals surface area contributed by atoms with Crippen molar-refractivity contribution >= 4 is 29.0 Å². The molecule has 6 heteroatoms. The lowest BCUT2D eigenvalue weighted by Crippen LogP contribution is -2.47. The van der Waals surface area contributed by atoms with Crippen LogP contribution < -0.4 is 5.32 Å². The minimum atomic E-state index is -0.629. The maximum atomic E-state index is 11.4. The van der Waals surface area contributed by atoms with Gasteiger partial charge in [0.1, 0.15) is 12.2 Å². The number of cyclic esters (lactones) is 1. The van der Waals surface area contributed by atoms with Gasteiger partial charge in [-0.3, -0.25) is 0 Å². The van der Waals surface area contributed by atoms with Crippen molar-refractivity contribution in [2.45, 2.75) is 56.8 Å². The van der Waals surface area contributed by atoms with E-state index in [2.05, 4.69) is 5.32 Å². The highest BCUT2D eigenvalue weighted by molar-refractivity contribution is 14.1. The van der Waals surface area contributed by atoms with E-state index in [1.54, 1.807) is 0 Å². The maximum Gasteiger partial charge on any atom is 0.419 e. The Labute approximate surface area is 128 Å². The Morgan fingerprint density at radius 3 is 2.68 bits per heavy atom. The number of nitrogens with zero attached hydrogens (tertiary/aromatic N) is 1. The number of aliphatic hydroxyl groups is 1. The molecule has 1 saturated heterocycles. The molecular formula is C13H23IN2O3. The van der Waals surface area contributed by atoms with E-state index in [0.29, 0.717) is 12.5 Å². The highest BCUT2D eigenvalue weighted by atomic mass is 127. The number of hydrogen-bond donors (Lipinski definition) is 2. The van der Waals surface area contributed by atoms with Gasteiger partial charge in [0.05, 0.1) is 29.4 Å². The Bertz CT molecular complexity index is 310. The van der Waals surface area contributed by atoms with Gasteiger partial charge in [0.15, 0.2) is 0 Å². The molecule has 0 bridgehead atoms. The maximum absolute atomic E-state index is 11.4. The number of likely N-dealkylation sites (N-methyl/N-ethyl adjacent to an activating group) is 1. The Balaban J connectivity index is 1.87. The Hall–Kier alpha value is -0.0800. The fraction of sp³-hybridized carbons (Fsp3) is 0.923. The predicted octanol–water partition coefficient (Wildman–Crippen LogP) is 2.08. The minimum Gasteiger partial charge on any atom is -0.441 e. The molecule has 2 fully saturated rings. The summed E-state index contributed by atoms with van der Waals surface area (Å²) >= 11 is 1.92. The third kappa shape index (κ3) is 3.95. The van der Waals surface area contributed by atoms with Gasteiger partial charge in [-0.2, -0.15) is 0 Å². The number of halogens is 1. The third-order valence-electron chi connectivity index (χ3n) is 4.27. The first-order valence-electron chi connectivity index (χ1n) is 7.11. The van der Waals surface area contributed by atoms with Gasteiger partial charge in [-0.05, 0) is 19.4 Å². The van der Waals surface area contributed by atoms with Crippen molar-refractivity contribution in [3.05, 3.63) is 0 Å². The molecule has 0 aromatic rings.